The second kappa shape index (κ2) is 9.16. The van der Waals surface area contributed by atoms with E-state index in [4.69, 9.17) is 4.74 Å². The Labute approximate surface area is 184 Å². The number of ether oxygens (including phenoxy) is 1. The van der Waals surface area contributed by atoms with Gasteiger partial charge in [-0.25, -0.2) is 14.4 Å². The van der Waals surface area contributed by atoms with Gasteiger partial charge in [0.1, 0.15) is 6.54 Å². The van der Waals surface area contributed by atoms with E-state index in [0.29, 0.717) is 24.3 Å². The van der Waals surface area contributed by atoms with Crippen LogP contribution < -0.4 is 10.2 Å². The summed E-state index contributed by atoms with van der Waals surface area (Å²) in [4.78, 5) is 53.1. The van der Waals surface area contributed by atoms with E-state index in [0.717, 1.165) is 17.7 Å². The zero-order chi connectivity index (χ0) is 22.7. The molecule has 32 heavy (non-hydrogen) atoms. The first-order chi connectivity index (χ1) is 15.5. The van der Waals surface area contributed by atoms with E-state index in [1.165, 1.54) is 18.1 Å². The van der Waals surface area contributed by atoms with Gasteiger partial charge in [0.15, 0.2) is 0 Å². The number of aryl methyl sites for hydroxylation is 1. The maximum absolute atomic E-state index is 13.3. The summed E-state index contributed by atoms with van der Waals surface area (Å²) in [5.41, 5.74) is 1.23. The molecule has 3 aliphatic heterocycles. The van der Waals surface area contributed by atoms with Crippen LogP contribution in [0.3, 0.4) is 0 Å². The molecule has 1 atom stereocenters. The lowest BCUT2D eigenvalue weighted by Gasteiger charge is -2.32. The van der Waals surface area contributed by atoms with Crippen LogP contribution in [0, 0.1) is 0 Å². The highest BCUT2D eigenvalue weighted by Gasteiger charge is 2.33. The highest BCUT2D eigenvalue weighted by molar-refractivity contribution is 6.16. The van der Waals surface area contributed by atoms with Crippen LogP contribution >= 0.6 is 0 Å². The Morgan fingerprint density at radius 1 is 1.25 bits per heavy atom. The van der Waals surface area contributed by atoms with Crippen LogP contribution in [0.5, 0.6) is 0 Å². The third kappa shape index (κ3) is 4.46. The van der Waals surface area contributed by atoms with Crippen molar-refractivity contribution in [1.29, 1.82) is 0 Å². The standard InChI is InChI=1S/C21H24N6O5/c1-32-19(29)13-25-12-17-11-22-24-26(17)8-3-2-6-15-10-18(28)27(21(31)23-15)16-7-4-5-14(9-16)20(25)30/h4-5,7,9,11,15H,2-3,6,8,10,12-13H2,1H3,(H,23,31)/t15-/m0/s1. The normalized spacial score (nSPS) is 19.5. The van der Waals surface area contributed by atoms with Gasteiger partial charge in [-0.05, 0) is 37.5 Å². The number of aromatic nitrogens is 3. The number of hydrogen-bond donors (Lipinski definition) is 1. The summed E-state index contributed by atoms with van der Waals surface area (Å²) in [5.74, 6) is -1.33. The van der Waals surface area contributed by atoms with Gasteiger partial charge in [0.2, 0.25) is 5.91 Å². The number of amides is 4. The van der Waals surface area contributed by atoms with Crippen molar-refractivity contribution < 1.29 is 23.9 Å². The molecule has 168 valence electrons. The molecule has 4 amide bonds. The number of esters is 1. The Balaban J connectivity index is 1.73. The lowest BCUT2D eigenvalue weighted by Crippen LogP contribution is -2.55. The van der Waals surface area contributed by atoms with Gasteiger partial charge in [-0.2, -0.15) is 0 Å². The van der Waals surface area contributed by atoms with Gasteiger partial charge in [0, 0.05) is 24.6 Å². The number of nitrogens with one attached hydrogen (secondary N) is 1. The molecule has 3 aliphatic rings. The van der Waals surface area contributed by atoms with Crippen LogP contribution in [0.4, 0.5) is 10.5 Å². The Hall–Kier alpha value is -3.76. The van der Waals surface area contributed by atoms with Gasteiger partial charge in [-0.1, -0.05) is 11.3 Å². The monoisotopic (exact) mass is 440 g/mol. The Kier molecular flexibility index (Phi) is 6.15. The fraction of sp³-hybridized carbons (Fsp3) is 0.429. The summed E-state index contributed by atoms with van der Waals surface area (Å²) in [6.45, 7) is 0.401. The third-order valence-electron chi connectivity index (χ3n) is 5.61. The lowest BCUT2D eigenvalue weighted by molar-refractivity contribution is -0.141. The number of methoxy groups -OCH3 is 1. The highest BCUT2D eigenvalue weighted by Crippen LogP contribution is 2.24. The number of benzene rings is 1. The molecule has 0 unspecified atom stereocenters. The third-order valence-corrected chi connectivity index (χ3v) is 5.61. The van der Waals surface area contributed by atoms with Gasteiger partial charge in [0.25, 0.3) is 5.91 Å². The molecular formula is C21H24N6O5. The van der Waals surface area contributed by atoms with Crippen LogP contribution in [0.2, 0.25) is 0 Å². The van der Waals surface area contributed by atoms with Crippen molar-refractivity contribution in [1.82, 2.24) is 25.2 Å². The molecule has 4 heterocycles. The van der Waals surface area contributed by atoms with Crippen LogP contribution in [0.15, 0.2) is 30.5 Å². The van der Waals surface area contributed by atoms with Crippen molar-refractivity contribution in [2.45, 2.75) is 44.8 Å². The molecule has 0 saturated carbocycles. The SMILES string of the molecule is COC(=O)CN1Cc2cnnn2CCCC[C@H]2CC(=O)N(C(=O)N2)c2cccc(c2)C1=O. The Bertz CT molecular complexity index is 1030. The molecule has 1 saturated heterocycles. The molecule has 1 N–H and O–H groups in total. The summed E-state index contributed by atoms with van der Waals surface area (Å²) in [5, 5.41) is 10.9. The average Bonchev–Trinajstić information content (AvgIpc) is 3.21. The molecule has 1 fully saturated rings. The number of carbonyl (C=O) groups excluding carboxylic acids is 4. The number of nitrogens with zero attached hydrogens (tertiary/aromatic N) is 5. The van der Waals surface area contributed by atoms with E-state index in [1.54, 1.807) is 29.1 Å². The number of anilines is 1. The quantitative estimate of drug-likeness (QED) is 0.693. The second-order valence-corrected chi connectivity index (χ2v) is 7.81. The minimum atomic E-state index is -0.570. The minimum Gasteiger partial charge on any atom is -0.468 e. The molecular weight excluding hydrogens is 416 g/mol. The number of rotatable bonds is 2. The van der Waals surface area contributed by atoms with Crippen molar-refractivity contribution in [3.8, 4) is 0 Å². The van der Waals surface area contributed by atoms with E-state index in [1.807, 2.05) is 0 Å². The number of imide groups is 1. The molecule has 2 aromatic rings. The largest absolute Gasteiger partial charge is 0.468 e. The van der Waals surface area contributed by atoms with Gasteiger partial charge >= 0.3 is 12.0 Å². The molecule has 5 rings (SSSR count). The first-order valence-corrected chi connectivity index (χ1v) is 10.4. The predicted octanol–water partition coefficient (Wildman–Crippen LogP) is 1.09. The molecule has 1 aromatic carbocycles. The second-order valence-electron chi connectivity index (χ2n) is 7.81. The molecule has 11 nitrogen and oxygen atoms in total. The lowest BCUT2D eigenvalue weighted by atomic mass is 10.0. The van der Waals surface area contributed by atoms with Crippen molar-refractivity contribution in [2.75, 3.05) is 18.6 Å². The van der Waals surface area contributed by atoms with E-state index >= 15 is 0 Å². The Morgan fingerprint density at radius 3 is 2.88 bits per heavy atom. The van der Waals surface area contributed by atoms with Crippen LogP contribution in [0.1, 0.15) is 41.7 Å². The molecule has 0 radical (unpaired) electrons. The maximum Gasteiger partial charge on any atom is 0.328 e. The van der Waals surface area contributed by atoms with E-state index < -0.39 is 17.9 Å². The van der Waals surface area contributed by atoms with Crippen molar-refractivity contribution in [3.05, 3.63) is 41.7 Å². The first kappa shape index (κ1) is 21.5. The first-order valence-electron chi connectivity index (χ1n) is 10.4. The fourth-order valence-corrected chi connectivity index (χ4v) is 3.96. The Morgan fingerprint density at radius 2 is 2.09 bits per heavy atom. The van der Waals surface area contributed by atoms with Gasteiger partial charge in [0.05, 0.1) is 31.2 Å². The van der Waals surface area contributed by atoms with Gasteiger partial charge in [-0.15, -0.1) is 5.10 Å². The van der Waals surface area contributed by atoms with Gasteiger partial charge < -0.3 is 15.0 Å². The van der Waals surface area contributed by atoms with Crippen molar-refractivity contribution >= 4 is 29.5 Å². The van der Waals surface area contributed by atoms with Crippen molar-refractivity contribution in [2.24, 2.45) is 0 Å². The molecule has 11 heteroatoms. The summed E-state index contributed by atoms with van der Waals surface area (Å²) in [6.07, 6.45) is 3.96. The summed E-state index contributed by atoms with van der Waals surface area (Å²) < 4.78 is 6.46. The fourth-order valence-electron chi connectivity index (χ4n) is 3.96. The molecule has 4 bridgehead atoms. The van der Waals surface area contributed by atoms with E-state index in [9.17, 15) is 19.2 Å². The highest BCUT2D eigenvalue weighted by atomic mass is 16.5. The van der Waals surface area contributed by atoms with Crippen LogP contribution in [-0.4, -0.2) is 63.4 Å². The maximum atomic E-state index is 13.3. The number of urea groups is 1. The summed E-state index contributed by atoms with van der Waals surface area (Å²) in [7, 11) is 1.25. The summed E-state index contributed by atoms with van der Waals surface area (Å²) >= 11 is 0. The molecule has 0 aliphatic carbocycles. The van der Waals surface area contributed by atoms with Crippen LogP contribution in [-0.2, 0) is 27.4 Å². The van der Waals surface area contributed by atoms with Gasteiger partial charge in [-0.3, -0.25) is 14.4 Å². The van der Waals surface area contributed by atoms with Crippen LogP contribution in [0.25, 0.3) is 0 Å². The zero-order valence-electron chi connectivity index (χ0n) is 17.7. The number of fused-ring (bicyclic) bond motifs is 7. The minimum absolute atomic E-state index is 0.108. The molecule has 0 spiro atoms. The zero-order valence-corrected chi connectivity index (χ0v) is 17.7. The topological polar surface area (TPSA) is 127 Å². The van der Waals surface area contributed by atoms with E-state index in [2.05, 4.69) is 15.6 Å². The number of hydrogen-bond acceptors (Lipinski definition) is 7. The summed E-state index contributed by atoms with van der Waals surface area (Å²) in [6, 6.07) is 5.51. The average molecular weight is 440 g/mol. The number of carbonyl (C=O) groups is 4. The predicted molar refractivity (Wildman–Crippen MR) is 111 cm³/mol. The van der Waals surface area contributed by atoms with E-state index in [-0.39, 0.29) is 37.0 Å². The molecule has 1 aromatic heterocycles. The van der Waals surface area contributed by atoms with Crippen molar-refractivity contribution in [3.63, 3.8) is 0 Å². The smallest absolute Gasteiger partial charge is 0.328 e.